The molecule has 16 heavy (non-hydrogen) atoms. The molecule has 1 fully saturated rings. The van der Waals surface area contributed by atoms with E-state index in [0.717, 1.165) is 12.8 Å². The van der Waals surface area contributed by atoms with E-state index >= 15 is 0 Å². The predicted octanol–water partition coefficient (Wildman–Crippen LogP) is -1.20. The molecule has 0 spiro atoms. The second kappa shape index (κ2) is 5.34. The Morgan fingerprint density at radius 1 is 1.44 bits per heavy atom. The Hall–Kier alpha value is -1.79. The van der Waals surface area contributed by atoms with Gasteiger partial charge in [-0.2, -0.15) is 4.99 Å². The molecular formula is C9H18N6O. The van der Waals surface area contributed by atoms with Crippen molar-refractivity contribution in [3.63, 3.8) is 0 Å². The average Bonchev–Trinajstić information content (AvgIpc) is 2.16. The van der Waals surface area contributed by atoms with Crippen LogP contribution in [0.3, 0.4) is 0 Å². The van der Waals surface area contributed by atoms with E-state index in [0.29, 0.717) is 13.1 Å². The highest BCUT2D eigenvalue weighted by Gasteiger charge is 2.21. The van der Waals surface area contributed by atoms with Crippen molar-refractivity contribution in [1.29, 1.82) is 5.41 Å². The largest absolute Gasteiger partial charge is 0.370 e. The molecule has 0 saturated carbocycles. The first-order valence-electron chi connectivity index (χ1n) is 5.19. The molecule has 1 saturated heterocycles. The third-order valence-corrected chi connectivity index (χ3v) is 2.44. The molecule has 0 aromatic carbocycles. The van der Waals surface area contributed by atoms with Gasteiger partial charge in [0.1, 0.15) is 0 Å². The summed E-state index contributed by atoms with van der Waals surface area (Å²) >= 11 is 0. The van der Waals surface area contributed by atoms with Crippen LogP contribution in [0.4, 0.5) is 0 Å². The van der Waals surface area contributed by atoms with Crippen LogP contribution in [0.1, 0.15) is 19.8 Å². The Kier molecular flexibility index (Phi) is 4.10. The number of amides is 1. The first kappa shape index (κ1) is 12.3. The summed E-state index contributed by atoms with van der Waals surface area (Å²) in [5.74, 6) is -0.0343. The van der Waals surface area contributed by atoms with Gasteiger partial charge in [-0.25, -0.2) is 0 Å². The number of nitrogens with two attached hydrogens (primary N) is 2. The smallest absolute Gasteiger partial charge is 0.221 e. The summed E-state index contributed by atoms with van der Waals surface area (Å²) in [6, 6.07) is 0.195. The molecule has 0 aliphatic carbocycles. The molecule has 1 amide bonds. The summed E-state index contributed by atoms with van der Waals surface area (Å²) in [5.41, 5.74) is 10.4. The number of piperidine rings is 1. The van der Waals surface area contributed by atoms with Crippen molar-refractivity contribution in [3.05, 3.63) is 0 Å². The Balaban J connectivity index is 2.40. The van der Waals surface area contributed by atoms with E-state index in [1.165, 1.54) is 6.92 Å². The Morgan fingerprint density at radius 3 is 2.44 bits per heavy atom. The number of carbonyl (C=O) groups excluding carboxylic acids is 1. The average molecular weight is 226 g/mol. The molecule has 1 aliphatic rings. The molecule has 0 aromatic heterocycles. The third-order valence-electron chi connectivity index (χ3n) is 2.44. The molecule has 90 valence electrons. The molecule has 0 radical (unpaired) electrons. The number of nitrogens with one attached hydrogen (secondary N) is 2. The minimum absolute atomic E-state index is 0.0160. The van der Waals surface area contributed by atoms with Gasteiger partial charge in [-0.05, 0) is 12.8 Å². The fourth-order valence-electron chi connectivity index (χ4n) is 1.72. The highest BCUT2D eigenvalue weighted by atomic mass is 16.1. The molecule has 1 aliphatic heterocycles. The van der Waals surface area contributed by atoms with Crippen molar-refractivity contribution in [1.82, 2.24) is 10.2 Å². The molecule has 1 rings (SSSR count). The number of aliphatic imine (C=N–C) groups is 1. The van der Waals surface area contributed by atoms with Gasteiger partial charge in [-0.1, -0.05) is 0 Å². The van der Waals surface area contributed by atoms with Crippen LogP contribution >= 0.6 is 0 Å². The first-order chi connectivity index (χ1) is 7.49. The van der Waals surface area contributed by atoms with E-state index in [2.05, 4.69) is 10.3 Å². The van der Waals surface area contributed by atoms with Gasteiger partial charge in [0.15, 0.2) is 5.96 Å². The quantitative estimate of drug-likeness (QED) is 0.331. The monoisotopic (exact) mass is 226 g/mol. The number of likely N-dealkylation sites (tertiary alicyclic amines) is 1. The third kappa shape index (κ3) is 3.76. The molecule has 0 atom stereocenters. The first-order valence-corrected chi connectivity index (χ1v) is 5.19. The van der Waals surface area contributed by atoms with E-state index in [-0.39, 0.29) is 23.9 Å². The maximum absolute atomic E-state index is 10.9. The van der Waals surface area contributed by atoms with E-state index in [4.69, 9.17) is 16.9 Å². The molecule has 0 aromatic rings. The van der Waals surface area contributed by atoms with Gasteiger partial charge in [-0.15, -0.1) is 0 Å². The minimum atomic E-state index is -0.103. The molecule has 0 unspecified atom stereocenters. The number of rotatable bonds is 1. The lowest BCUT2D eigenvalue weighted by atomic mass is 10.1. The molecule has 7 nitrogen and oxygen atoms in total. The number of hydrogen-bond acceptors (Lipinski definition) is 2. The summed E-state index contributed by atoms with van der Waals surface area (Å²) in [6.45, 7) is 2.87. The predicted molar refractivity (Wildman–Crippen MR) is 61.9 cm³/mol. The summed E-state index contributed by atoms with van der Waals surface area (Å²) in [5, 5.41) is 10.5. The topological polar surface area (TPSA) is 121 Å². The van der Waals surface area contributed by atoms with Crippen LogP contribution in [0.5, 0.6) is 0 Å². The fourth-order valence-corrected chi connectivity index (χ4v) is 1.72. The van der Waals surface area contributed by atoms with Crippen LogP contribution in [0.2, 0.25) is 0 Å². The Bertz CT molecular complexity index is 301. The maximum atomic E-state index is 10.9. The van der Waals surface area contributed by atoms with Crippen LogP contribution in [-0.4, -0.2) is 41.9 Å². The van der Waals surface area contributed by atoms with Gasteiger partial charge in [0.25, 0.3) is 0 Å². The molecule has 7 heteroatoms. The molecular weight excluding hydrogens is 208 g/mol. The Morgan fingerprint density at radius 2 is 2.00 bits per heavy atom. The van der Waals surface area contributed by atoms with Crippen LogP contribution in [0.15, 0.2) is 4.99 Å². The van der Waals surface area contributed by atoms with Crippen molar-refractivity contribution in [2.45, 2.75) is 25.8 Å². The molecule has 1 heterocycles. The van der Waals surface area contributed by atoms with Gasteiger partial charge in [-0.3, -0.25) is 10.2 Å². The van der Waals surface area contributed by atoms with Gasteiger partial charge in [0, 0.05) is 26.1 Å². The zero-order valence-corrected chi connectivity index (χ0v) is 9.36. The number of guanidine groups is 2. The lowest BCUT2D eigenvalue weighted by Crippen LogP contribution is -2.46. The second-order valence-corrected chi connectivity index (χ2v) is 3.82. The fraction of sp³-hybridized carbons (Fsp3) is 0.667. The summed E-state index contributed by atoms with van der Waals surface area (Å²) in [6.07, 6.45) is 1.61. The van der Waals surface area contributed by atoms with Crippen molar-refractivity contribution in [2.75, 3.05) is 13.1 Å². The standard InChI is InChI=1S/C9H18N6O/c1-6(16)13-7-2-4-15(5-3-7)9(12)14-8(10)11/h7H,2-5H2,1H3,(H,13,16)(H5,10,11,12,14). The van der Waals surface area contributed by atoms with E-state index in [1.54, 1.807) is 4.90 Å². The van der Waals surface area contributed by atoms with E-state index in [1.807, 2.05) is 0 Å². The lowest BCUT2D eigenvalue weighted by molar-refractivity contribution is -0.119. The SMILES string of the molecule is CC(=O)NC1CCN(C(=N)N=C(N)N)CC1. The van der Waals surface area contributed by atoms with E-state index < -0.39 is 0 Å². The minimum Gasteiger partial charge on any atom is -0.370 e. The van der Waals surface area contributed by atoms with E-state index in [9.17, 15) is 4.79 Å². The van der Waals surface area contributed by atoms with Crippen molar-refractivity contribution in [2.24, 2.45) is 16.5 Å². The van der Waals surface area contributed by atoms with Gasteiger partial charge in [0.05, 0.1) is 0 Å². The highest BCUT2D eigenvalue weighted by molar-refractivity contribution is 5.91. The zero-order chi connectivity index (χ0) is 12.1. The zero-order valence-electron chi connectivity index (χ0n) is 9.36. The molecule has 0 bridgehead atoms. The maximum Gasteiger partial charge on any atom is 0.221 e. The highest BCUT2D eigenvalue weighted by Crippen LogP contribution is 2.10. The van der Waals surface area contributed by atoms with Crippen molar-refractivity contribution in [3.8, 4) is 0 Å². The van der Waals surface area contributed by atoms with Crippen molar-refractivity contribution < 1.29 is 4.79 Å². The summed E-state index contributed by atoms with van der Waals surface area (Å²) in [7, 11) is 0. The van der Waals surface area contributed by atoms with Crippen LogP contribution in [-0.2, 0) is 4.79 Å². The van der Waals surface area contributed by atoms with Crippen LogP contribution in [0, 0.1) is 5.41 Å². The number of hydrogen-bond donors (Lipinski definition) is 4. The number of nitrogens with zero attached hydrogens (tertiary/aromatic N) is 2. The lowest BCUT2D eigenvalue weighted by Gasteiger charge is -2.32. The van der Waals surface area contributed by atoms with Gasteiger partial charge >= 0.3 is 0 Å². The van der Waals surface area contributed by atoms with Crippen LogP contribution < -0.4 is 16.8 Å². The second-order valence-electron chi connectivity index (χ2n) is 3.82. The van der Waals surface area contributed by atoms with Crippen molar-refractivity contribution >= 4 is 17.8 Å². The van der Waals surface area contributed by atoms with Gasteiger partial charge in [0.2, 0.25) is 11.9 Å². The number of carbonyl (C=O) groups is 1. The molecule has 6 N–H and O–H groups in total. The summed E-state index contributed by atoms with van der Waals surface area (Å²) in [4.78, 5) is 16.3. The normalized spacial score (nSPS) is 16.7. The summed E-state index contributed by atoms with van der Waals surface area (Å²) < 4.78 is 0. The van der Waals surface area contributed by atoms with Gasteiger partial charge < -0.3 is 21.7 Å². The Labute approximate surface area is 94.4 Å². The van der Waals surface area contributed by atoms with Crippen LogP contribution in [0.25, 0.3) is 0 Å².